The predicted octanol–water partition coefficient (Wildman–Crippen LogP) is 3.74. The van der Waals surface area contributed by atoms with E-state index in [0.717, 1.165) is 25.0 Å². The average Bonchev–Trinajstić information content (AvgIpc) is 3.33. The van der Waals surface area contributed by atoms with Gasteiger partial charge in [0.2, 0.25) is 0 Å². The summed E-state index contributed by atoms with van der Waals surface area (Å²) in [5.41, 5.74) is 7.61. The number of fused-ring (bicyclic) bond motifs is 1. The highest BCUT2D eigenvalue weighted by Gasteiger charge is 2.31. The van der Waals surface area contributed by atoms with Crippen LogP contribution >= 0.6 is 0 Å². The molecule has 0 unspecified atom stereocenters. The van der Waals surface area contributed by atoms with Gasteiger partial charge in [-0.15, -0.1) is 0 Å². The van der Waals surface area contributed by atoms with Crippen LogP contribution in [0.5, 0.6) is 0 Å². The molecule has 1 fully saturated rings. The van der Waals surface area contributed by atoms with Gasteiger partial charge in [-0.1, -0.05) is 6.58 Å². The first kappa shape index (κ1) is 22.6. The number of carboxylic acids is 1. The van der Waals surface area contributed by atoms with Crippen LogP contribution in [0.15, 0.2) is 47.6 Å². The van der Waals surface area contributed by atoms with E-state index in [1.165, 1.54) is 23.8 Å². The Morgan fingerprint density at radius 1 is 1.52 bits per heavy atom. The van der Waals surface area contributed by atoms with Gasteiger partial charge in [-0.2, -0.15) is 5.10 Å². The number of halogens is 1. The second-order valence-corrected chi connectivity index (χ2v) is 8.57. The highest BCUT2D eigenvalue weighted by molar-refractivity contribution is 6.01. The fourth-order valence-corrected chi connectivity index (χ4v) is 3.68. The molecule has 0 bridgehead atoms. The summed E-state index contributed by atoms with van der Waals surface area (Å²) in [6, 6.07) is 1.74. The zero-order chi connectivity index (χ0) is 22.8. The number of nitrogens with zero attached hydrogens (tertiary/aromatic N) is 5. The number of nitrogens with two attached hydrogens (primary N) is 1. The van der Waals surface area contributed by atoms with Gasteiger partial charge in [-0.05, 0) is 58.1 Å². The van der Waals surface area contributed by atoms with E-state index in [1.807, 2.05) is 19.9 Å². The number of allylic oxidation sites excluding steroid dienone is 1. The van der Waals surface area contributed by atoms with Crippen molar-refractivity contribution < 1.29 is 14.3 Å². The van der Waals surface area contributed by atoms with Crippen molar-refractivity contribution in [3.63, 3.8) is 0 Å². The third-order valence-corrected chi connectivity index (χ3v) is 5.31. The molecule has 31 heavy (non-hydrogen) atoms. The van der Waals surface area contributed by atoms with Crippen molar-refractivity contribution in [1.29, 1.82) is 0 Å². The summed E-state index contributed by atoms with van der Waals surface area (Å²) in [5, 5.41) is 13.4. The van der Waals surface area contributed by atoms with Gasteiger partial charge >= 0.3 is 5.97 Å². The molecule has 3 rings (SSSR count). The molecule has 2 aromatic rings. The van der Waals surface area contributed by atoms with Gasteiger partial charge in [-0.3, -0.25) is 4.99 Å². The summed E-state index contributed by atoms with van der Waals surface area (Å²) in [4.78, 5) is 22.5. The van der Waals surface area contributed by atoms with E-state index >= 15 is 0 Å². The van der Waals surface area contributed by atoms with Crippen LogP contribution in [0.25, 0.3) is 5.65 Å². The largest absolute Gasteiger partial charge is 0.477 e. The van der Waals surface area contributed by atoms with Crippen LogP contribution in [0.1, 0.15) is 56.8 Å². The van der Waals surface area contributed by atoms with Gasteiger partial charge in [0.1, 0.15) is 17.2 Å². The number of carboxylic acid groups (broad SMARTS) is 1. The molecule has 0 amide bonds. The first-order valence-electron chi connectivity index (χ1n) is 10.3. The van der Waals surface area contributed by atoms with Gasteiger partial charge in [0.15, 0.2) is 5.65 Å². The highest BCUT2D eigenvalue weighted by atomic mass is 19.1. The minimum Gasteiger partial charge on any atom is -0.477 e. The lowest BCUT2D eigenvalue weighted by atomic mass is 9.92. The molecule has 3 heterocycles. The second kappa shape index (κ2) is 8.97. The van der Waals surface area contributed by atoms with Gasteiger partial charge in [0.25, 0.3) is 0 Å². The van der Waals surface area contributed by atoms with Crippen molar-refractivity contribution in [2.24, 2.45) is 10.7 Å². The van der Waals surface area contributed by atoms with Crippen molar-refractivity contribution in [3.05, 3.63) is 48.2 Å². The van der Waals surface area contributed by atoms with Crippen LogP contribution in [0.2, 0.25) is 0 Å². The molecule has 0 saturated carbocycles. The summed E-state index contributed by atoms with van der Waals surface area (Å²) in [6.45, 7) is 10.3. The molecule has 0 aliphatic carbocycles. The third-order valence-electron chi connectivity index (χ3n) is 5.31. The Bertz CT molecular complexity index is 1050. The molecule has 2 aromatic heterocycles. The summed E-state index contributed by atoms with van der Waals surface area (Å²) in [5.74, 6) is -0.807. The standard InChI is InChI=1S/C22H29FN6O2/c1-14(23)12-25-17(7-9-22(3,4)24)15(2)18-6-5-10-28(18)19-8-11-29-20(27-19)16(13-26-29)21(30)31/h8,11-13,18H,2,5-7,9-10,24H2,1,3-4H3,(H,30,31)/b14-12+,25-17?/t18-/m1/s1. The average molecular weight is 429 g/mol. The number of aliphatic imine (C=N–C) groups is 1. The minimum atomic E-state index is -1.07. The molecule has 0 spiro atoms. The van der Waals surface area contributed by atoms with Gasteiger partial charge in [0, 0.05) is 24.0 Å². The van der Waals surface area contributed by atoms with Crippen molar-refractivity contribution in [2.75, 3.05) is 11.4 Å². The summed E-state index contributed by atoms with van der Waals surface area (Å²) < 4.78 is 14.8. The molecule has 9 heteroatoms. The fourth-order valence-electron chi connectivity index (χ4n) is 3.68. The lowest BCUT2D eigenvalue weighted by molar-refractivity contribution is 0.0698. The van der Waals surface area contributed by atoms with Crippen LogP contribution in [0.3, 0.4) is 0 Å². The van der Waals surface area contributed by atoms with E-state index in [1.54, 1.807) is 6.20 Å². The maximum absolute atomic E-state index is 13.4. The van der Waals surface area contributed by atoms with E-state index < -0.39 is 5.97 Å². The SMILES string of the molecule is C=C(C(CCC(C)(C)N)=N/C=C(\C)F)[C@H]1CCCN1c1ccn2ncc(C(=O)O)c2n1. The number of aromatic carboxylic acids is 1. The fraction of sp³-hybridized carbons (Fsp3) is 0.455. The maximum atomic E-state index is 13.4. The predicted molar refractivity (Wildman–Crippen MR) is 119 cm³/mol. The van der Waals surface area contributed by atoms with Gasteiger partial charge in [-0.25, -0.2) is 18.7 Å². The Kier molecular flexibility index (Phi) is 6.54. The number of anilines is 1. The third kappa shape index (κ3) is 5.35. The zero-order valence-electron chi connectivity index (χ0n) is 18.2. The van der Waals surface area contributed by atoms with E-state index in [0.29, 0.717) is 24.4 Å². The summed E-state index contributed by atoms with van der Waals surface area (Å²) >= 11 is 0. The molecule has 1 atom stereocenters. The number of aromatic nitrogens is 3. The number of carbonyl (C=O) groups is 1. The molecule has 0 aromatic carbocycles. The van der Waals surface area contributed by atoms with Gasteiger partial charge < -0.3 is 15.7 Å². The Balaban J connectivity index is 1.91. The normalized spacial score (nSPS) is 18.1. The van der Waals surface area contributed by atoms with Crippen molar-refractivity contribution in [2.45, 2.75) is 58.0 Å². The van der Waals surface area contributed by atoms with E-state index in [-0.39, 0.29) is 28.6 Å². The Hall–Kier alpha value is -3.07. The minimum absolute atomic E-state index is 0.0485. The first-order valence-corrected chi connectivity index (χ1v) is 10.3. The van der Waals surface area contributed by atoms with Crippen LogP contribution < -0.4 is 10.6 Å². The molecule has 1 saturated heterocycles. The molecule has 1 aliphatic heterocycles. The van der Waals surface area contributed by atoms with E-state index in [9.17, 15) is 14.3 Å². The van der Waals surface area contributed by atoms with Gasteiger partial charge in [0.05, 0.1) is 18.4 Å². The quantitative estimate of drug-likeness (QED) is 0.620. The van der Waals surface area contributed by atoms with Crippen LogP contribution in [-0.2, 0) is 0 Å². The Morgan fingerprint density at radius 3 is 2.90 bits per heavy atom. The monoisotopic (exact) mass is 428 g/mol. The maximum Gasteiger partial charge on any atom is 0.341 e. The lowest BCUT2D eigenvalue weighted by Gasteiger charge is -2.29. The number of hydrogen-bond donors (Lipinski definition) is 2. The summed E-state index contributed by atoms with van der Waals surface area (Å²) in [7, 11) is 0. The van der Waals surface area contributed by atoms with Crippen molar-refractivity contribution in [3.8, 4) is 0 Å². The highest BCUT2D eigenvalue weighted by Crippen LogP contribution is 2.30. The molecule has 8 nitrogen and oxygen atoms in total. The number of rotatable bonds is 8. The van der Waals surface area contributed by atoms with Crippen LogP contribution in [-0.4, -0.2) is 49.5 Å². The first-order chi connectivity index (χ1) is 14.6. The van der Waals surface area contributed by atoms with Crippen molar-refractivity contribution >= 4 is 23.1 Å². The Labute approximate surface area is 181 Å². The second-order valence-electron chi connectivity index (χ2n) is 8.57. The topological polar surface area (TPSA) is 109 Å². The lowest BCUT2D eigenvalue weighted by Crippen LogP contribution is -2.36. The van der Waals surface area contributed by atoms with Crippen LogP contribution in [0.4, 0.5) is 10.2 Å². The van der Waals surface area contributed by atoms with Crippen molar-refractivity contribution in [1.82, 2.24) is 14.6 Å². The van der Waals surface area contributed by atoms with E-state index in [4.69, 9.17) is 5.73 Å². The molecular formula is C22H29FN6O2. The molecule has 0 radical (unpaired) electrons. The summed E-state index contributed by atoms with van der Waals surface area (Å²) in [6.07, 6.45) is 7.23. The smallest absolute Gasteiger partial charge is 0.341 e. The Morgan fingerprint density at radius 2 is 2.26 bits per heavy atom. The van der Waals surface area contributed by atoms with Crippen LogP contribution in [0, 0.1) is 0 Å². The number of hydrogen-bond acceptors (Lipinski definition) is 6. The molecule has 166 valence electrons. The molecular weight excluding hydrogens is 399 g/mol. The van der Waals surface area contributed by atoms with E-state index in [2.05, 4.69) is 26.6 Å². The molecule has 3 N–H and O–H groups in total. The zero-order valence-corrected chi connectivity index (χ0v) is 18.2. The molecule has 1 aliphatic rings.